The summed E-state index contributed by atoms with van der Waals surface area (Å²) in [5.74, 6) is -0.858. The molecule has 1 aliphatic rings. The number of carbonyl (C=O) groups is 2. The van der Waals surface area contributed by atoms with E-state index in [1.807, 2.05) is 76.2 Å². The smallest absolute Gasteiger partial charge is 0.295 e. The van der Waals surface area contributed by atoms with Crippen molar-refractivity contribution in [3.05, 3.63) is 106 Å². The van der Waals surface area contributed by atoms with Gasteiger partial charge < -0.3 is 14.7 Å². The van der Waals surface area contributed by atoms with E-state index < -0.39 is 17.7 Å². The Labute approximate surface area is 210 Å². The van der Waals surface area contributed by atoms with Crippen molar-refractivity contribution in [3.8, 4) is 5.75 Å². The molecule has 1 saturated heterocycles. The van der Waals surface area contributed by atoms with Crippen LogP contribution in [0.3, 0.4) is 0 Å². The van der Waals surface area contributed by atoms with E-state index in [1.165, 1.54) is 4.90 Å². The Morgan fingerprint density at radius 3 is 2.26 bits per heavy atom. The van der Waals surface area contributed by atoms with Gasteiger partial charge in [0.25, 0.3) is 11.7 Å². The van der Waals surface area contributed by atoms with Crippen molar-refractivity contribution in [1.82, 2.24) is 4.90 Å². The molecule has 0 saturated carbocycles. The van der Waals surface area contributed by atoms with E-state index in [0.29, 0.717) is 10.6 Å². The largest absolute Gasteiger partial charge is 0.507 e. The van der Waals surface area contributed by atoms with Gasteiger partial charge in [-0.05, 0) is 75.2 Å². The number of carbonyl (C=O) groups excluding carboxylic acids is 2. The Morgan fingerprint density at radius 1 is 1.00 bits per heavy atom. The number of ketones is 1. The van der Waals surface area contributed by atoms with Crippen LogP contribution in [0.2, 0.25) is 5.02 Å². The maximum atomic E-state index is 13.2. The Kier molecular flexibility index (Phi) is 6.73. The van der Waals surface area contributed by atoms with E-state index in [2.05, 4.69) is 0 Å². The lowest BCUT2D eigenvalue weighted by Gasteiger charge is -2.26. The molecule has 6 heteroatoms. The first-order valence-corrected chi connectivity index (χ1v) is 11.8. The van der Waals surface area contributed by atoms with Crippen molar-refractivity contribution < 1.29 is 19.4 Å². The number of Topliss-reactive ketones (excluding diaryl/α,β-unsaturated/α-hetero) is 1. The molecule has 3 aromatic rings. The van der Waals surface area contributed by atoms with Crippen LogP contribution in [0.1, 0.15) is 49.1 Å². The first kappa shape index (κ1) is 24.6. The quantitative estimate of drug-likeness (QED) is 0.254. The van der Waals surface area contributed by atoms with Gasteiger partial charge in [-0.3, -0.25) is 9.59 Å². The van der Waals surface area contributed by atoms with Gasteiger partial charge in [0.05, 0.1) is 11.6 Å². The van der Waals surface area contributed by atoms with Crippen LogP contribution in [-0.4, -0.2) is 27.3 Å². The highest BCUT2D eigenvalue weighted by Crippen LogP contribution is 2.40. The molecular weight excluding hydrogens is 462 g/mol. The molecule has 35 heavy (non-hydrogen) atoms. The normalized spacial score (nSPS) is 17.6. The summed E-state index contributed by atoms with van der Waals surface area (Å²) in [7, 11) is 0. The summed E-state index contributed by atoms with van der Waals surface area (Å²) in [4.78, 5) is 27.9. The standard InChI is InChI=1S/C29H28ClNO4/c1-18-6-5-7-21(16-18)25-24(26(32)20-10-12-22(30)13-11-20)27(33)28(34)31(25)17-19-8-14-23(15-9-19)35-29(2,3)4/h5-16,25,32H,17H2,1-4H3/b26-24-. The predicted molar refractivity (Wildman–Crippen MR) is 137 cm³/mol. The fourth-order valence-corrected chi connectivity index (χ4v) is 4.33. The number of hydrogen-bond acceptors (Lipinski definition) is 4. The molecule has 1 fully saturated rings. The van der Waals surface area contributed by atoms with Gasteiger partial charge >= 0.3 is 0 Å². The lowest BCUT2D eigenvalue weighted by Crippen LogP contribution is -2.29. The van der Waals surface area contributed by atoms with Crippen LogP contribution >= 0.6 is 11.6 Å². The number of aryl methyl sites for hydroxylation is 1. The van der Waals surface area contributed by atoms with Crippen LogP contribution in [0.25, 0.3) is 5.76 Å². The van der Waals surface area contributed by atoms with Gasteiger partial charge in [-0.15, -0.1) is 0 Å². The van der Waals surface area contributed by atoms with E-state index >= 15 is 0 Å². The summed E-state index contributed by atoms with van der Waals surface area (Å²) < 4.78 is 5.89. The van der Waals surface area contributed by atoms with Gasteiger partial charge in [-0.25, -0.2) is 0 Å². The van der Waals surface area contributed by atoms with Crippen molar-refractivity contribution in [2.24, 2.45) is 0 Å². The Balaban J connectivity index is 1.76. The third-order valence-corrected chi connectivity index (χ3v) is 5.97. The van der Waals surface area contributed by atoms with Gasteiger partial charge in [0.2, 0.25) is 0 Å². The molecule has 5 nitrogen and oxygen atoms in total. The molecule has 4 rings (SSSR count). The number of likely N-dealkylation sites (tertiary alicyclic amines) is 1. The van der Waals surface area contributed by atoms with E-state index in [0.717, 1.165) is 22.4 Å². The molecule has 1 amide bonds. The number of rotatable bonds is 5. The highest BCUT2D eigenvalue weighted by molar-refractivity contribution is 6.46. The SMILES string of the molecule is Cc1cccc(C2/C(=C(/O)c3ccc(Cl)cc3)C(=O)C(=O)N2Cc2ccc(OC(C)(C)C)cc2)c1. The van der Waals surface area contributed by atoms with Crippen LogP contribution in [-0.2, 0) is 16.1 Å². The minimum Gasteiger partial charge on any atom is -0.507 e. The van der Waals surface area contributed by atoms with Gasteiger partial charge in [0, 0.05) is 17.1 Å². The van der Waals surface area contributed by atoms with Crippen molar-refractivity contribution in [1.29, 1.82) is 0 Å². The molecular formula is C29H28ClNO4. The van der Waals surface area contributed by atoms with E-state index in [1.54, 1.807) is 24.3 Å². The number of aliphatic hydroxyl groups excluding tert-OH is 1. The zero-order chi connectivity index (χ0) is 25.3. The van der Waals surface area contributed by atoms with Gasteiger partial charge in [0.15, 0.2) is 0 Å². The number of hydrogen-bond donors (Lipinski definition) is 1. The second kappa shape index (κ2) is 9.59. The third kappa shape index (κ3) is 5.41. The zero-order valence-corrected chi connectivity index (χ0v) is 21.0. The van der Waals surface area contributed by atoms with E-state index in [9.17, 15) is 14.7 Å². The van der Waals surface area contributed by atoms with Crippen molar-refractivity contribution >= 4 is 29.1 Å². The number of nitrogens with zero attached hydrogens (tertiary/aromatic N) is 1. The minimum atomic E-state index is -0.726. The van der Waals surface area contributed by atoms with Gasteiger partial charge in [-0.1, -0.05) is 53.6 Å². The lowest BCUT2D eigenvalue weighted by atomic mass is 9.94. The molecule has 1 atom stereocenters. The highest BCUT2D eigenvalue weighted by atomic mass is 35.5. The molecule has 1 aliphatic heterocycles. The number of ether oxygens (including phenoxy) is 1. The molecule has 1 unspecified atom stereocenters. The van der Waals surface area contributed by atoms with E-state index in [4.69, 9.17) is 16.3 Å². The molecule has 3 aromatic carbocycles. The van der Waals surface area contributed by atoms with Crippen LogP contribution < -0.4 is 4.74 Å². The minimum absolute atomic E-state index is 0.0654. The summed E-state index contributed by atoms with van der Waals surface area (Å²) in [6.45, 7) is 8.08. The van der Waals surface area contributed by atoms with Crippen molar-refractivity contribution in [2.75, 3.05) is 0 Å². The molecule has 0 bridgehead atoms. The average Bonchev–Trinajstić information content (AvgIpc) is 3.04. The topological polar surface area (TPSA) is 66.8 Å². The lowest BCUT2D eigenvalue weighted by molar-refractivity contribution is -0.140. The number of amides is 1. The second-order valence-corrected chi connectivity index (χ2v) is 10.1. The maximum absolute atomic E-state index is 13.2. The highest BCUT2D eigenvalue weighted by Gasteiger charge is 2.46. The summed E-state index contributed by atoms with van der Waals surface area (Å²) in [5.41, 5.74) is 2.76. The monoisotopic (exact) mass is 489 g/mol. The predicted octanol–water partition coefficient (Wildman–Crippen LogP) is 6.45. The molecule has 1 N–H and O–H groups in total. The Hall–Kier alpha value is -3.57. The first-order valence-electron chi connectivity index (χ1n) is 11.4. The Bertz CT molecular complexity index is 1290. The summed E-state index contributed by atoms with van der Waals surface area (Å²) in [6.07, 6.45) is 0. The fraction of sp³-hybridized carbons (Fsp3) is 0.241. The summed E-state index contributed by atoms with van der Waals surface area (Å²) in [5, 5.41) is 11.7. The maximum Gasteiger partial charge on any atom is 0.295 e. The van der Waals surface area contributed by atoms with Gasteiger partial charge in [0.1, 0.15) is 17.1 Å². The fourth-order valence-electron chi connectivity index (χ4n) is 4.21. The van der Waals surface area contributed by atoms with Gasteiger partial charge in [-0.2, -0.15) is 0 Å². The van der Waals surface area contributed by atoms with Crippen LogP contribution in [0.5, 0.6) is 5.75 Å². The number of halogens is 1. The third-order valence-electron chi connectivity index (χ3n) is 5.72. The Morgan fingerprint density at radius 2 is 1.66 bits per heavy atom. The van der Waals surface area contributed by atoms with Crippen LogP contribution in [0.15, 0.2) is 78.4 Å². The van der Waals surface area contributed by atoms with E-state index in [-0.39, 0.29) is 23.5 Å². The van der Waals surface area contributed by atoms with Crippen molar-refractivity contribution in [2.45, 2.75) is 45.9 Å². The first-order chi connectivity index (χ1) is 16.5. The molecule has 0 spiro atoms. The van der Waals surface area contributed by atoms with Crippen molar-refractivity contribution in [3.63, 3.8) is 0 Å². The zero-order valence-electron chi connectivity index (χ0n) is 20.2. The van der Waals surface area contributed by atoms with Crippen LogP contribution in [0.4, 0.5) is 0 Å². The number of aliphatic hydroxyl groups is 1. The summed E-state index contributed by atoms with van der Waals surface area (Å²) in [6, 6.07) is 20.9. The number of benzene rings is 3. The summed E-state index contributed by atoms with van der Waals surface area (Å²) >= 11 is 5.99. The molecule has 180 valence electrons. The van der Waals surface area contributed by atoms with Crippen LogP contribution in [0, 0.1) is 6.92 Å². The second-order valence-electron chi connectivity index (χ2n) is 9.71. The molecule has 0 radical (unpaired) electrons. The molecule has 0 aromatic heterocycles. The molecule has 1 heterocycles. The average molecular weight is 490 g/mol. The molecule has 0 aliphatic carbocycles.